The molecule has 0 atom stereocenters. The number of rotatable bonds is 8. The SMILES string of the molecule is OCCCCCNCc1ccc(C(F)F)cc1. The first kappa shape index (κ1) is 14.1. The van der Waals surface area contributed by atoms with Gasteiger partial charge in [0.25, 0.3) is 6.43 Å². The molecule has 0 unspecified atom stereocenters. The summed E-state index contributed by atoms with van der Waals surface area (Å²) in [5.41, 5.74) is 1.08. The molecule has 0 saturated heterocycles. The van der Waals surface area contributed by atoms with E-state index in [2.05, 4.69) is 5.32 Å². The summed E-state index contributed by atoms with van der Waals surface area (Å²) in [6.45, 7) is 1.83. The first-order chi connectivity index (χ1) is 8.24. The minimum absolute atomic E-state index is 0.0664. The number of halogens is 2. The van der Waals surface area contributed by atoms with Crippen LogP contribution in [0.15, 0.2) is 24.3 Å². The number of aliphatic hydroxyl groups is 1. The highest BCUT2D eigenvalue weighted by atomic mass is 19.3. The molecule has 0 aliphatic heterocycles. The normalized spacial score (nSPS) is 11.1. The Hall–Kier alpha value is -1.00. The van der Waals surface area contributed by atoms with Gasteiger partial charge in [0.15, 0.2) is 0 Å². The van der Waals surface area contributed by atoms with Crippen molar-refractivity contribution in [3.05, 3.63) is 35.4 Å². The summed E-state index contributed by atoms with van der Waals surface area (Å²) >= 11 is 0. The lowest BCUT2D eigenvalue weighted by Crippen LogP contribution is -2.14. The highest BCUT2D eigenvalue weighted by Gasteiger charge is 2.05. The summed E-state index contributed by atoms with van der Waals surface area (Å²) in [6, 6.07) is 6.38. The van der Waals surface area contributed by atoms with Crippen molar-refractivity contribution in [2.24, 2.45) is 0 Å². The van der Waals surface area contributed by atoms with Crippen LogP contribution >= 0.6 is 0 Å². The van der Waals surface area contributed by atoms with E-state index in [0.717, 1.165) is 31.4 Å². The molecule has 96 valence electrons. The summed E-state index contributed by atoms with van der Waals surface area (Å²) in [7, 11) is 0. The first-order valence-corrected chi connectivity index (χ1v) is 5.92. The second-order valence-corrected chi connectivity index (χ2v) is 4.00. The average Bonchev–Trinajstić information content (AvgIpc) is 2.34. The highest BCUT2D eigenvalue weighted by Crippen LogP contribution is 2.18. The lowest BCUT2D eigenvalue weighted by molar-refractivity contribution is 0.151. The third kappa shape index (κ3) is 5.75. The van der Waals surface area contributed by atoms with Crippen molar-refractivity contribution in [1.29, 1.82) is 0 Å². The molecule has 1 aromatic carbocycles. The maximum absolute atomic E-state index is 12.3. The summed E-state index contributed by atoms with van der Waals surface area (Å²) < 4.78 is 24.6. The van der Waals surface area contributed by atoms with Gasteiger partial charge in [0, 0.05) is 18.7 Å². The standard InChI is InChI=1S/C13H19F2NO/c14-13(15)12-6-4-11(5-7-12)10-16-8-2-1-3-9-17/h4-7,13,16-17H,1-3,8-10H2. The van der Waals surface area contributed by atoms with Crippen molar-refractivity contribution in [1.82, 2.24) is 5.32 Å². The lowest BCUT2D eigenvalue weighted by atomic mass is 10.1. The van der Waals surface area contributed by atoms with E-state index in [1.807, 2.05) is 0 Å². The van der Waals surface area contributed by atoms with E-state index < -0.39 is 6.43 Å². The van der Waals surface area contributed by atoms with Crippen LogP contribution in [0.2, 0.25) is 0 Å². The Morgan fingerprint density at radius 3 is 2.35 bits per heavy atom. The molecule has 2 nitrogen and oxygen atoms in total. The second kappa shape index (κ2) is 8.14. The molecule has 2 N–H and O–H groups in total. The Labute approximate surface area is 101 Å². The number of nitrogens with one attached hydrogen (secondary N) is 1. The summed E-state index contributed by atoms with van der Waals surface area (Å²) in [5, 5.41) is 11.8. The number of alkyl halides is 2. The van der Waals surface area contributed by atoms with E-state index in [-0.39, 0.29) is 12.2 Å². The molecule has 0 aliphatic carbocycles. The Bertz CT molecular complexity index is 301. The average molecular weight is 243 g/mol. The summed E-state index contributed by atoms with van der Waals surface area (Å²) in [6.07, 6.45) is 0.476. The van der Waals surface area contributed by atoms with Gasteiger partial charge >= 0.3 is 0 Å². The zero-order valence-corrected chi connectivity index (χ0v) is 9.83. The van der Waals surface area contributed by atoms with E-state index in [1.165, 1.54) is 12.1 Å². The molecule has 0 fully saturated rings. The Morgan fingerprint density at radius 2 is 1.76 bits per heavy atom. The van der Waals surface area contributed by atoms with Crippen molar-refractivity contribution in [3.8, 4) is 0 Å². The van der Waals surface area contributed by atoms with E-state index in [4.69, 9.17) is 5.11 Å². The van der Waals surface area contributed by atoms with Crippen LogP contribution < -0.4 is 5.32 Å². The summed E-state index contributed by atoms with van der Waals surface area (Å²) in [4.78, 5) is 0. The van der Waals surface area contributed by atoms with Crippen LogP contribution in [-0.2, 0) is 6.54 Å². The van der Waals surface area contributed by atoms with Crippen LogP contribution in [0.5, 0.6) is 0 Å². The third-order valence-electron chi connectivity index (χ3n) is 2.57. The van der Waals surface area contributed by atoms with Gasteiger partial charge in [-0.1, -0.05) is 24.3 Å². The van der Waals surface area contributed by atoms with Crippen LogP contribution in [0.1, 0.15) is 36.8 Å². The predicted octanol–water partition coefficient (Wildman–Crippen LogP) is 2.88. The molecule has 0 spiro atoms. The minimum Gasteiger partial charge on any atom is -0.396 e. The largest absolute Gasteiger partial charge is 0.396 e. The smallest absolute Gasteiger partial charge is 0.263 e. The number of unbranched alkanes of at least 4 members (excludes halogenated alkanes) is 2. The van der Waals surface area contributed by atoms with Crippen molar-refractivity contribution in [3.63, 3.8) is 0 Å². The molecule has 0 amide bonds. The molecule has 0 heterocycles. The second-order valence-electron chi connectivity index (χ2n) is 4.00. The van der Waals surface area contributed by atoms with Crippen molar-refractivity contribution in [2.75, 3.05) is 13.2 Å². The van der Waals surface area contributed by atoms with Gasteiger partial charge in [-0.3, -0.25) is 0 Å². The topological polar surface area (TPSA) is 32.3 Å². The van der Waals surface area contributed by atoms with Crippen LogP contribution in [0.25, 0.3) is 0 Å². The highest BCUT2D eigenvalue weighted by molar-refractivity contribution is 5.23. The van der Waals surface area contributed by atoms with Gasteiger partial charge in [0.1, 0.15) is 0 Å². The molecule has 0 aliphatic rings. The van der Waals surface area contributed by atoms with E-state index >= 15 is 0 Å². The Kier molecular flexibility index (Phi) is 6.74. The molecule has 0 aromatic heterocycles. The quantitative estimate of drug-likeness (QED) is 0.688. The number of aliphatic hydroxyl groups excluding tert-OH is 1. The van der Waals surface area contributed by atoms with Gasteiger partial charge in [0.05, 0.1) is 0 Å². The Morgan fingerprint density at radius 1 is 1.06 bits per heavy atom. The van der Waals surface area contributed by atoms with Crippen LogP contribution in [0.4, 0.5) is 8.78 Å². The number of benzene rings is 1. The fourth-order valence-electron chi connectivity index (χ4n) is 1.55. The van der Waals surface area contributed by atoms with Crippen molar-refractivity contribution in [2.45, 2.75) is 32.2 Å². The molecule has 17 heavy (non-hydrogen) atoms. The van der Waals surface area contributed by atoms with E-state index in [9.17, 15) is 8.78 Å². The first-order valence-electron chi connectivity index (χ1n) is 5.92. The molecule has 0 saturated carbocycles. The molecule has 1 aromatic rings. The van der Waals surface area contributed by atoms with Gasteiger partial charge in [-0.05, 0) is 31.4 Å². The monoisotopic (exact) mass is 243 g/mol. The Balaban J connectivity index is 2.19. The van der Waals surface area contributed by atoms with Gasteiger partial charge in [0.2, 0.25) is 0 Å². The van der Waals surface area contributed by atoms with Gasteiger partial charge < -0.3 is 10.4 Å². The van der Waals surface area contributed by atoms with Crippen molar-refractivity contribution < 1.29 is 13.9 Å². The van der Waals surface area contributed by atoms with Gasteiger partial charge in [-0.2, -0.15) is 0 Å². The lowest BCUT2D eigenvalue weighted by Gasteiger charge is -2.05. The fraction of sp³-hybridized carbons (Fsp3) is 0.538. The fourth-order valence-corrected chi connectivity index (χ4v) is 1.55. The molecule has 4 heteroatoms. The summed E-state index contributed by atoms with van der Waals surface area (Å²) in [5.74, 6) is 0. The van der Waals surface area contributed by atoms with Crippen LogP contribution in [0, 0.1) is 0 Å². The molecular formula is C13H19F2NO. The zero-order valence-electron chi connectivity index (χ0n) is 9.83. The maximum Gasteiger partial charge on any atom is 0.263 e. The third-order valence-corrected chi connectivity index (χ3v) is 2.57. The van der Waals surface area contributed by atoms with Crippen molar-refractivity contribution >= 4 is 0 Å². The van der Waals surface area contributed by atoms with E-state index in [1.54, 1.807) is 12.1 Å². The van der Waals surface area contributed by atoms with Crippen LogP contribution in [0.3, 0.4) is 0 Å². The molecule has 0 radical (unpaired) electrons. The van der Waals surface area contributed by atoms with Gasteiger partial charge in [-0.15, -0.1) is 0 Å². The minimum atomic E-state index is -2.39. The molecule has 0 bridgehead atoms. The molecular weight excluding hydrogens is 224 g/mol. The maximum atomic E-state index is 12.3. The van der Waals surface area contributed by atoms with E-state index in [0.29, 0.717) is 6.54 Å². The number of hydrogen-bond donors (Lipinski definition) is 2. The van der Waals surface area contributed by atoms with Gasteiger partial charge in [-0.25, -0.2) is 8.78 Å². The zero-order chi connectivity index (χ0) is 12.5. The molecule has 1 rings (SSSR count). The van der Waals surface area contributed by atoms with Crippen LogP contribution in [-0.4, -0.2) is 18.3 Å². The number of hydrogen-bond acceptors (Lipinski definition) is 2. The predicted molar refractivity (Wildman–Crippen MR) is 64.0 cm³/mol.